The number of pyridine rings is 1. The van der Waals surface area contributed by atoms with Crippen molar-refractivity contribution in [3.05, 3.63) is 29.6 Å². The van der Waals surface area contributed by atoms with Crippen molar-refractivity contribution in [2.45, 2.75) is 44.1 Å². The Morgan fingerprint density at radius 2 is 1.83 bits per heavy atom. The van der Waals surface area contributed by atoms with Crippen molar-refractivity contribution in [2.75, 3.05) is 0 Å². The lowest BCUT2D eigenvalue weighted by molar-refractivity contribution is -0.183. The summed E-state index contributed by atoms with van der Waals surface area (Å²) >= 11 is 0. The lowest BCUT2D eigenvalue weighted by atomic mass is 9.85. The van der Waals surface area contributed by atoms with E-state index in [1.807, 2.05) is 0 Å². The van der Waals surface area contributed by atoms with E-state index in [1.54, 1.807) is 0 Å². The third-order valence-electron chi connectivity index (χ3n) is 3.79. The van der Waals surface area contributed by atoms with Gasteiger partial charge in [0, 0.05) is 12.2 Å². The summed E-state index contributed by atoms with van der Waals surface area (Å²) in [5.41, 5.74) is -1.25. The fourth-order valence-electron chi connectivity index (χ4n) is 2.58. The van der Waals surface area contributed by atoms with Crippen LogP contribution in [0.15, 0.2) is 18.3 Å². The van der Waals surface area contributed by atoms with Gasteiger partial charge in [-0.05, 0) is 31.4 Å². The molecular formula is C14H14F6N2O. The van der Waals surface area contributed by atoms with Crippen molar-refractivity contribution in [3.8, 4) is 0 Å². The van der Waals surface area contributed by atoms with Gasteiger partial charge in [-0.1, -0.05) is 6.42 Å². The maximum atomic E-state index is 12.7. The summed E-state index contributed by atoms with van der Waals surface area (Å²) in [5, 5.41) is 2.44. The second kappa shape index (κ2) is 6.37. The predicted molar refractivity (Wildman–Crippen MR) is 68.5 cm³/mol. The maximum absolute atomic E-state index is 12.7. The highest BCUT2D eigenvalue weighted by Gasteiger charge is 2.42. The molecule has 9 heteroatoms. The topological polar surface area (TPSA) is 42.0 Å². The molecular weight excluding hydrogens is 326 g/mol. The Labute approximate surface area is 128 Å². The van der Waals surface area contributed by atoms with E-state index in [0.29, 0.717) is 18.9 Å². The highest BCUT2D eigenvalue weighted by atomic mass is 19.4. The summed E-state index contributed by atoms with van der Waals surface area (Å²) in [7, 11) is 0. The van der Waals surface area contributed by atoms with Crippen molar-refractivity contribution in [2.24, 2.45) is 5.92 Å². The SMILES string of the molecule is O=C(N[C@@H]1CCC[C@H](C(F)(F)F)C1)c1ccc(C(F)(F)F)nc1. The van der Waals surface area contributed by atoms with Crippen molar-refractivity contribution < 1.29 is 31.1 Å². The first-order chi connectivity index (χ1) is 10.6. The van der Waals surface area contributed by atoms with Crippen LogP contribution in [-0.2, 0) is 6.18 Å². The Morgan fingerprint density at radius 1 is 1.13 bits per heavy atom. The lowest BCUT2D eigenvalue weighted by Crippen LogP contribution is -2.41. The molecule has 128 valence electrons. The van der Waals surface area contributed by atoms with Crippen LogP contribution < -0.4 is 5.32 Å². The average Bonchev–Trinajstić information content (AvgIpc) is 2.46. The third kappa shape index (κ3) is 4.59. The van der Waals surface area contributed by atoms with Crippen LogP contribution in [0.2, 0.25) is 0 Å². The average molecular weight is 340 g/mol. The summed E-state index contributed by atoms with van der Waals surface area (Å²) in [6, 6.07) is 0.967. The summed E-state index contributed by atoms with van der Waals surface area (Å²) in [6.45, 7) is 0. The van der Waals surface area contributed by atoms with Crippen LogP contribution in [-0.4, -0.2) is 23.1 Å². The first kappa shape index (κ1) is 17.6. The number of alkyl halides is 6. The number of amides is 1. The molecule has 23 heavy (non-hydrogen) atoms. The minimum Gasteiger partial charge on any atom is -0.349 e. The van der Waals surface area contributed by atoms with E-state index >= 15 is 0 Å². The molecule has 0 saturated heterocycles. The number of rotatable bonds is 2. The van der Waals surface area contributed by atoms with Crippen molar-refractivity contribution in [1.29, 1.82) is 0 Å². The lowest BCUT2D eigenvalue weighted by Gasteiger charge is -2.31. The minimum absolute atomic E-state index is 0.0255. The van der Waals surface area contributed by atoms with E-state index in [-0.39, 0.29) is 18.4 Å². The van der Waals surface area contributed by atoms with Crippen LogP contribution in [0, 0.1) is 5.92 Å². The van der Waals surface area contributed by atoms with Gasteiger partial charge in [0.25, 0.3) is 5.91 Å². The number of nitrogens with one attached hydrogen (secondary N) is 1. The van der Waals surface area contributed by atoms with Crippen LogP contribution in [0.5, 0.6) is 0 Å². The number of hydrogen-bond donors (Lipinski definition) is 1. The zero-order chi connectivity index (χ0) is 17.3. The van der Waals surface area contributed by atoms with Gasteiger partial charge >= 0.3 is 12.4 Å². The minimum atomic E-state index is -4.61. The van der Waals surface area contributed by atoms with Gasteiger partial charge in [0.05, 0.1) is 11.5 Å². The number of carbonyl (C=O) groups excluding carboxylic acids is 1. The van der Waals surface area contributed by atoms with Gasteiger partial charge in [0.15, 0.2) is 0 Å². The highest BCUT2D eigenvalue weighted by molar-refractivity contribution is 5.94. The zero-order valence-electron chi connectivity index (χ0n) is 11.8. The normalized spacial score (nSPS) is 22.7. The number of carbonyl (C=O) groups is 1. The smallest absolute Gasteiger partial charge is 0.349 e. The molecule has 1 aromatic rings. The molecule has 0 aliphatic heterocycles. The molecule has 0 aromatic carbocycles. The van der Waals surface area contributed by atoms with Crippen molar-refractivity contribution in [1.82, 2.24) is 10.3 Å². The first-order valence-corrected chi connectivity index (χ1v) is 6.98. The Morgan fingerprint density at radius 3 is 2.35 bits per heavy atom. The first-order valence-electron chi connectivity index (χ1n) is 6.98. The Bertz CT molecular complexity index is 552. The number of hydrogen-bond acceptors (Lipinski definition) is 2. The molecule has 1 N–H and O–H groups in total. The molecule has 1 heterocycles. The summed E-state index contributed by atoms with van der Waals surface area (Å²) in [5.74, 6) is -2.19. The predicted octanol–water partition coefficient (Wildman–Crippen LogP) is 3.95. The fourth-order valence-corrected chi connectivity index (χ4v) is 2.58. The van der Waals surface area contributed by atoms with Crippen LogP contribution in [0.4, 0.5) is 26.3 Å². The van der Waals surface area contributed by atoms with Gasteiger partial charge in [-0.25, -0.2) is 0 Å². The Balaban J connectivity index is 1.99. The molecule has 3 nitrogen and oxygen atoms in total. The monoisotopic (exact) mass is 340 g/mol. The van der Waals surface area contributed by atoms with Gasteiger partial charge in [-0.2, -0.15) is 26.3 Å². The molecule has 1 saturated carbocycles. The van der Waals surface area contributed by atoms with E-state index in [1.165, 1.54) is 0 Å². The quantitative estimate of drug-likeness (QED) is 0.829. The van der Waals surface area contributed by atoms with Crippen LogP contribution in [0.1, 0.15) is 41.7 Å². The summed E-state index contributed by atoms with van der Waals surface area (Å²) < 4.78 is 75.2. The van der Waals surface area contributed by atoms with E-state index in [2.05, 4.69) is 10.3 Å². The molecule has 0 radical (unpaired) electrons. The summed E-state index contributed by atoms with van der Waals surface area (Å²) in [6.07, 6.45) is -7.60. The molecule has 0 unspecified atom stereocenters. The molecule has 1 aliphatic carbocycles. The molecule has 0 bridgehead atoms. The van der Waals surface area contributed by atoms with E-state index < -0.39 is 35.9 Å². The highest BCUT2D eigenvalue weighted by Crippen LogP contribution is 2.37. The van der Waals surface area contributed by atoms with Crippen LogP contribution in [0.3, 0.4) is 0 Å². The van der Waals surface area contributed by atoms with Crippen LogP contribution >= 0.6 is 0 Å². The molecule has 1 aromatic heterocycles. The van der Waals surface area contributed by atoms with Crippen molar-refractivity contribution in [3.63, 3.8) is 0 Å². The van der Waals surface area contributed by atoms with Gasteiger partial charge in [-0.15, -0.1) is 0 Å². The van der Waals surface area contributed by atoms with E-state index in [4.69, 9.17) is 0 Å². The third-order valence-corrected chi connectivity index (χ3v) is 3.79. The van der Waals surface area contributed by atoms with Gasteiger partial charge < -0.3 is 5.32 Å². The second-order valence-electron chi connectivity index (χ2n) is 5.51. The Hall–Kier alpha value is -1.80. The zero-order valence-corrected chi connectivity index (χ0v) is 11.8. The standard InChI is InChI=1S/C14H14F6N2O/c15-13(16,17)9-2-1-3-10(6-9)22-12(23)8-4-5-11(21-7-8)14(18,19)20/h4-5,7,9-10H,1-3,6H2,(H,22,23)/t9-,10+/m0/s1. The largest absolute Gasteiger partial charge is 0.433 e. The van der Waals surface area contributed by atoms with Crippen molar-refractivity contribution >= 4 is 5.91 Å². The Kier molecular flexibility index (Phi) is 4.86. The molecule has 1 fully saturated rings. The number of halogens is 6. The molecule has 2 rings (SSSR count). The maximum Gasteiger partial charge on any atom is 0.433 e. The van der Waals surface area contributed by atoms with Crippen LogP contribution in [0.25, 0.3) is 0 Å². The van der Waals surface area contributed by atoms with E-state index in [0.717, 1.165) is 12.3 Å². The molecule has 0 spiro atoms. The summed E-state index contributed by atoms with van der Waals surface area (Å²) in [4.78, 5) is 15.1. The van der Waals surface area contributed by atoms with E-state index in [9.17, 15) is 31.1 Å². The van der Waals surface area contributed by atoms with Gasteiger partial charge in [0.2, 0.25) is 0 Å². The number of nitrogens with zero attached hydrogens (tertiary/aromatic N) is 1. The second-order valence-corrected chi connectivity index (χ2v) is 5.51. The molecule has 1 amide bonds. The van der Waals surface area contributed by atoms with Gasteiger partial charge in [0.1, 0.15) is 5.69 Å². The fraction of sp³-hybridized carbons (Fsp3) is 0.571. The molecule has 1 aliphatic rings. The van der Waals surface area contributed by atoms with Gasteiger partial charge in [-0.3, -0.25) is 9.78 Å². The molecule has 2 atom stereocenters. The number of aromatic nitrogens is 1.